The van der Waals surface area contributed by atoms with Gasteiger partial charge in [0.25, 0.3) is 0 Å². The van der Waals surface area contributed by atoms with Crippen LogP contribution in [0.5, 0.6) is 17.2 Å². The van der Waals surface area contributed by atoms with Crippen LogP contribution in [0.15, 0.2) is 30.5 Å². The van der Waals surface area contributed by atoms with Gasteiger partial charge in [0.2, 0.25) is 5.91 Å². The predicted molar refractivity (Wildman–Crippen MR) is 110 cm³/mol. The van der Waals surface area contributed by atoms with Crippen molar-refractivity contribution in [2.75, 3.05) is 5.32 Å². The minimum absolute atomic E-state index is 0.00574. The Morgan fingerprint density at radius 2 is 2.00 bits per heavy atom. The Morgan fingerprint density at radius 1 is 1.13 bits per heavy atom. The number of aromatic hydroxyl groups is 1. The molecule has 2 aliphatic carbocycles. The number of pyridine rings is 1. The first-order valence-electron chi connectivity index (χ1n) is 10.4. The zero-order valence-corrected chi connectivity index (χ0v) is 16.5. The molecule has 1 aromatic heterocycles. The molecule has 2 aromatic rings. The summed E-state index contributed by atoms with van der Waals surface area (Å²) in [6.07, 6.45) is 6.43. The van der Waals surface area contributed by atoms with E-state index < -0.39 is 0 Å². The Kier molecular flexibility index (Phi) is 4.69. The van der Waals surface area contributed by atoms with Gasteiger partial charge in [0.05, 0.1) is 0 Å². The monoisotopic (exact) mass is 408 g/mol. The lowest BCUT2D eigenvalue weighted by molar-refractivity contribution is -0.116. The molecule has 2 atom stereocenters. The number of ether oxygens (including phenoxy) is 1. The molecule has 30 heavy (non-hydrogen) atoms. The van der Waals surface area contributed by atoms with Crippen LogP contribution in [-0.4, -0.2) is 34.1 Å². The van der Waals surface area contributed by atoms with Crippen LogP contribution in [0, 0.1) is 0 Å². The van der Waals surface area contributed by atoms with Crippen LogP contribution in [0.2, 0.25) is 0 Å². The third-order valence-corrected chi connectivity index (χ3v) is 6.00. The van der Waals surface area contributed by atoms with Crippen LogP contribution in [0.4, 0.5) is 10.6 Å². The number of fused-ring (bicyclic) bond motifs is 1. The largest absolute Gasteiger partial charge is 0.508 e. The normalized spacial score (nSPS) is 22.3. The van der Waals surface area contributed by atoms with Crippen LogP contribution >= 0.6 is 0 Å². The Balaban J connectivity index is 1.32. The van der Waals surface area contributed by atoms with Gasteiger partial charge in [-0.2, -0.15) is 0 Å². The minimum atomic E-state index is -0.135. The maximum absolute atomic E-state index is 12.1. The molecule has 2 saturated carbocycles. The van der Waals surface area contributed by atoms with Gasteiger partial charge in [-0.3, -0.25) is 4.79 Å². The molecule has 5 rings (SSSR count). The minimum Gasteiger partial charge on any atom is -0.508 e. The third kappa shape index (κ3) is 3.77. The summed E-state index contributed by atoms with van der Waals surface area (Å²) in [4.78, 5) is 27.9. The van der Waals surface area contributed by atoms with Crippen LogP contribution in [0.3, 0.4) is 0 Å². The van der Waals surface area contributed by atoms with Gasteiger partial charge >= 0.3 is 6.03 Å². The smallest absolute Gasteiger partial charge is 0.315 e. The van der Waals surface area contributed by atoms with Gasteiger partial charge in [0.15, 0.2) is 0 Å². The average molecular weight is 408 g/mol. The number of nitrogens with zero attached hydrogens (tertiary/aromatic N) is 1. The summed E-state index contributed by atoms with van der Waals surface area (Å²) in [6.45, 7) is 0. The number of phenols is 1. The van der Waals surface area contributed by atoms with E-state index in [1.165, 1.54) is 0 Å². The molecule has 0 bridgehead atoms. The van der Waals surface area contributed by atoms with Crippen LogP contribution < -0.4 is 20.7 Å². The highest BCUT2D eigenvalue weighted by Gasteiger charge is 2.36. The number of phenolic OH excluding ortho intramolecular Hbond substituents is 1. The van der Waals surface area contributed by atoms with E-state index in [9.17, 15) is 14.7 Å². The van der Waals surface area contributed by atoms with Gasteiger partial charge in [-0.25, -0.2) is 9.78 Å². The van der Waals surface area contributed by atoms with Crippen molar-refractivity contribution in [3.8, 4) is 17.2 Å². The summed E-state index contributed by atoms with van der Waals surface area (Å²) in [5.41, 5.74) is 1.64. The summed E-state index contributed by atoms with van der Waals surface area (Å²) >= 11 is 0. The SMILES string of the molecule is O=C1CCc2c(Oc3ccc(O)c([C@@H]4CCC4NC(=O)NC4CC4)c3)ccnc2N1. The predicted octanol–water partition coefficient (Wildman–Crippen LogP) is 3.17. The Labute approximate surface area is 174 Å². The fourth-order valence-electron chi connectivity index (χ4n) is 4.04. The Bertz CT molecular complexity index is 1000. The second-order valence-electron chi connectivity index (χ2n) is 8.19. The van der Waals surface area contributed by atoms with E-state index in [1.807, 2.05) is 6.07 Å². The second kappa shape index (κ2) is 7.51. The number of benzene rings is 1. The van der Waals surface area contributed by atoms with Crippen molar-refractivity contribution in [3.05, 3.63) is 41.6 Å². The fraction of sp³-hybridized carbons (Fsp3) is 0.409. The molecule has 1 unspecified atom stereocenters. The van der Waals surface area contributed by atoms with Gasteiger partial charge in [0.1, 0.15) is 23.1 Å². The van der Waals surface area contributed by atoms with Crippen molar-refractivity contribution in [3.63, 3.8) is 0 Å². The summed E-state index contributed by atoms with van der Waals surface area (Å²) in [5.74, 6) is 1.97. The first kappa shape index (κ1) is 18.7. The van der Waals surface area contributed by atoms with Gasteiger partial charge in [-0.1, -0.05) is 0 Å². The zero-order valence-electron chi connectivity index (χ0n) is 16.5. The van der Waals surface area contributed by atoms with Crippen molar-refractivity contribution < 1.29 is 19.4 Å². The molecule has 0 saturated heterocycles. The standard InChI is InChI=1S/C22H24N4O4/c27-18-7-3-13(30-19-9-10-23-21-15(19)5-8-20(28)26-21)11-16(18)14-4-6-17(14)25-22(29)24-12-1-2-12/h3,7,9-12,14,17,27H,1-2,4-6,8H2,(H,23,26,28)(H2,24,25,29)/t14-,17?/m0/s1. The fourth-order valence-corrected chi connectivity index (χ4v) is 4.04. The number of carbonyl (C=O) groups excluding carboxylic acids is 2. The van der Waals surface area contributed by atoms with Gasteiger partial charge in [0, 0.05) is 41.7 Å². The number of hydrogen-bond donors (Lipinski definition) is 4. The quantitative estimate of drug-likeness (QED) is 0.607. The maximum atomic E-state index is 12.1. The van der Waals surface area contributed by atoms with Crippen molar-refractivity contribution in [1.29, 1.82) is 0 Å². The highest BCUT2D eigenvalue weighted by molar-refractivity contribution is 5.93. The van der Waals surface area contributed by atoms with Crippen LogP contribution in [0.25, 0.3) is 0 Å². The summed E-state index contributed by atoms with van der Waals surface area (Å²) in [7, 11) is 0. The number of nitrogens with one attached hydrogen (secondary N) is 3. The van der Waals surface area contributed by atoms with Crippen LogP contribution in [-0.2, 0) is 11.2 Å². The average Bonchev–Trinajstić information content (AvgIpc) is 3.52. The van der Waals surface area contributed by atoms with E-state index in [-0.39, 0.29) is 29.6 Å². The van der Waals surface area contributed by atoms with Crippen molar-refractivity contribution in [1.82, 2.24) is 15.6 Å². The molecule has 4 N–H and O–H groups in total. The Hall–Kier alpha value is -3.29. The number of rotatable bonds is 5. The second-order valence-corrected chi connectivity index (χ2v) is 8.19. The van der Waals surface area contributed by atoms with Gasteiger partial charge < -0.3 is 25.8 Å². The number of aromatic nitrogens is 1. The van der Waals surface area contributed by atoms with E-state index in [0.717, 1.165) is 36.8 Å². The molecule has 2 fully saturated rings. The zero-order chi connectivity index (χ0) is 20.7. The molecule has 3 amide bonds. The lowest BCUT2D eigenvalue weighted by atomic mass is 9.74. The van der Waals surface area contributed by atoms with Crippen LogP contribution in [0.1, 0.15) is 49.1 Å². The van der Waals surface area contributed by atoms with Gasteiger partial charge in [-0.15, -0.1) is 0 Å². The molecule has 8 nitrogen and oxygen atoms in total. The van der Waals surface area contributed by atoms with E-state index >= 15 is 0 Å². The highest BCUT2D eigenvalue weighted by atomic mass is 16.5. The molecule has 1 aliphatic heterocycles. The highest BCUT2D eigenvalue weighted by Crippen LogP contribution is 2.43. The lowest BCUT2D eigenvalue weighted by Gasteiger charge is -2.37. The molecule has 2 heterocycles. The molecular formula is C22H24N4O4. The van der Waals surface area contributed by atoms with E-state index in [1.54, 1.807) is 24.4 Å². The lowest BCUT2D eigenvalue weighted by Crippen LogP contribution is -2.49. The van der Waals surface area contributed by atoms with Gasteiger partial charge in [-0.05, 0) is 56.4 Å². The number of urea groups is 1. The summed E-state index contributed by atoms with van der Waals surface area (Å²) in [6, 6.07) is 7.12. The Morgan fingerprint density at radius 3 is 2.77 bits per heavy atom. The molecule has 0 spiro atoms. The number of amides is 3. The van der Waals surface area contributed by atoms with Crippen molar-refractivity contribution in [2.45, 2.75) is 56.5 Å². The topological polar surface area (TPSA) is 113 Å². The van der Waals surface area contributed by atoms with E-state index in [0.29, 0.717) is 36.2 Å². The van der Waals surface area contributed by atoms with E-state index in [2.05, 4.69) is 20.9 Å². The molecule has 3 aliphatic rings. The summed E-state index contributed by atoms with van der Waals surface area (Å²) < 4.78 is 6.10. The molecular weight excluding hydrogens is 384 g/mol. The summed E-state index contributed by atoms with van der Waals surface area (Å²) in [5, 5.41) is 19.2. The number of carbonyl (C=O) groups is 2. The van der Waals surface area contributed by atoms with Crippen molar-refractivity contribution >= 4 is 17.8 Å². The number of anilines is 1. The van der Waals surface area contributed by atoms with E-state index in [4.69, 9.17) is 4.74 Å². The van der Waals surface area contributed by atoms with Crippen molar-refractivity contribution in [2.24, 2.45) is 0 Å². The first-order valence-corrected chi connectivity index (χ1v) is 10.4. The first-order chi connectivity index (χ1) is 14.6. The third-order valence-electron chi connectivity index (χ3n) is 6.00. The molecule has 1 aromatic carbocycles. The molecule has 0 radical (unpaired) electrons. The molecule has 156 valence electrons. The maximum Gasteiger partial charge on any atom is 0.315 e. The number of hydrogen-bond acceptors (Lipinski definition) is 5. The molecule has 8 heteroatoms.